The van der Waals surface area contributed by atoms with Gasteiger partial charge in [-0.15, -0.1) is 0 Å². The Bertz CT molecular complexity index is 648. The molecule has 4 nitrogen and oxygen atoms in total. The highest BCUT2D eigenvalue weighted by Gasteiger charge is 2.24. The van der Waals surface area contributed by atoms with Crippen molar-refractivity contribution in [2.75, 3.05) is 0 Å². The van der Waals surface area contributed by atoms with Gasteiger partial charge in [0.25, 0.3) is 0 Å². The van der Waals surface area contributed by atoms with Crippen LogP contribution in [0.15, 0.2) is 65.0 Å². The Hall–Kier alpha value is -2.32. The molecule has 0 bridgehead atoms. The van der Waals surface area contributed by atoms with Crippen LogP contribution < -0.4 is 4.74 Å². The van der Waals surface area contributed by atoms with E-state index in [-0.39, 0.29) is 5.70 Å². The Balaban J connectivity index is 2.36. The van der Waals surface area contributed by atoms with Crippen LogP contribution in [0.5, 0.6) is 5.75 Å². The van der Waals surface area contributed by atoms with Crippen LogP contribution in [-0.4, -0.2) is 5.11 Å². The van der Waals surface area contributed by atoms with E-state index in [0.29, 0.717) is 15.8 Å². The largest absolute Gasteiger partial charge is 0.475 e. The lowest BCUT2D eigenvalue weighted by atomic mass is 10.2. The molecule has 94 valence electrons. The molecule has 2 rings (SSSR count). The second-order valence-electron chi connectivity index (χ2n) is 3.65. The van der Waals surface area contributed by atoms with Gasteiger partial charge in [0.2, 0.25) is 5.39 Å². The molecule has 0 saturated carbocycles. The van der Waals surface area contributed by atoms with Crippen molar-refractivity contribution < 1.29 is 9.84 Å². The summed E-state index contributed by atoms with van der Waals surface area (Å²) in [5.74, 6) is -0.0438. The highest BCUT2D eigenvalue weighted by Crippen LogP contribution is 2.27. The standard InChI is InChI=1S/C14H9BrN2O2/c15-11-8-4-5-9-12(11)19-14(18)13(17-16)10-6-2-1-3-7-10/h1-9H/p+1/b14-13-. The van der Waals surface area contributed by atoms with Gasteiger partial charge in [-0.3, -0.25) is 0 Å². The van der Waals surface area contributed by atoms with Crippen LogP contribution in [0.4, 0.5) is 0 Å². The monoisotopic (exact) mass is 317 g/mol. The summed E-state index contributed by atoms with van der Waals surface area (Å²) in [5.41, 5.74) is 0.519. The van der Waals surface area contributed by atoms with E-state index < -0.39 is 5.95 Å². The van der Waals surface area contributed by atoms with E-state index in [9.17, 15) is 5.11 Å². The number of para-hydroxylation sites is 1. The van der Waals surface area contributed by atoms with Crippen molar-refractivity contribution in [3.63, 3.8) is 0 Å². The van der Waals surface area contributed by atoms with Crippen molar-refractivity contribution >= 4 is 21.6 Å². The second kappa shape index (κ2) is 6.03. The van der Waals surface area contributed by atoms with Gasteiger partial charge in [-0.25, -0.2) is 0 Å². The first-order valence-corrected chi connectivity index (χ1v) is 6.28. The molecular weight excluding hydrogens is 308 g/mol. The lowest BCUT2D eigenvalue weighted by Gasteiger charge is -2.04. The van der Waals surface area contributed by atoms with E-state index >= 15 is 0 Å². The molecule has 2 aromatic rings. The van der Waals surface area contributed by atoms with E-state index in [1.165, 1.54) is 0 Å². The molecule has 0 spiro atoms. The predicted molar refractivity (Wildman–Crippen MR) is 75.8 cm³/mol. The number of aliphatic hydroxyl groups is 1. The molecule has 1 N–H and O–H groups in total. The summed E-state index contributed by atoms with van der Waals surface area (Å²) in [6, 6.07) is 15.8. The Kier molecular flexibility index (Phi) is 4.16. The molecule has 0 aliphatic heterocycles. The molecule has 0 atom stereocenters. The molecular formula is C14H10BrN2O2+. The fourth-order valence-corrected chi connectivity index (χ4v) is 1.87. The average molecular weight is 318 g/mol. The number of benzene rings is 2. The molecule has 5 heteroatoms. The van der Waals surface area contributed by atoms with Gasteiger partial charge in [-0.2, -0.15) is 0 Å². The maximum atomic E-state index is 9.92. The van der Waals surface area contributed by atoms with Crippen LogP contribution in [0.25, 0.3) is 10.7 Å². The van der Waals surface area contributed by atoms with E-state index in [0.717, 1.165) is 0 Å². The molecule has 19 heavy (non-hydrogen) atoms. The number of halogens is 1. The molecule has 2 aromatic carbocycles. The normalized spacial score (nSPS) is 11.4. The minimum Gasteiger partial charge on any atom is -0.475 e. The minimum atomic E-state index is -0.472. The van der Waals surface area contributed by atoms with Gasteiger partial charge in [-0.1, -0.05) is 30.3 Å². The van der Waals surface area contributed by atoms with Crippen LogP contribution in [0, 0.1) is 5.39 Å². The third-order valence-electron chi connectivity index (χ3n) is 2.39. The molecule has 0 aliphatic rings. The lowest BCUT2D eigenvalue weighted by molar-refractivity contribution is 0.211. The summed E-state index contributed by atoms with van der Waals surface area (Å²) in [6.45, 7) is 0. The molecule has 0 heterocycles. The van der Waals surface area contributed by atoms with Crippen LogP contribution in [0.1, 0.15) is 5.56 Å². The molecule has 0 aliphatic carbocycles. The third kappa shape index (κ3) is 3.12. The van der Waals surface area contributed by atoms with Gasteiger partial charge in [0.15, 0.2) is 4.98 Å². The number of diazo groups is 1. The van der Waals surface area contributed by atoms with E-state index in [1.807, 2.05) is 12.1 Å². The second-order valence-corrected chi connectivity index (χ2v) is 4.51. The zero-order chi connectivity index (χ0) is 13.7. The summed E-state index contributed by atoms with van der Waals surface area (Å²) in [4.78, 5) is 3.07. The highest BCUT2D eigenvalue weighted by atomic mass is 79.9. The summed E-state index contributed by atoms with van der Waals surface area (Å²) in [5, 5.41) is 18.9. The minimum absolute atomic E-state index is 0.0312. The van der Waals surface area contributed by atoms with Gasteiger partial charge < -0.3 is 9.84 Å². The molecule has 0 amide bonds. The number of nitrogens with zero attached hydrogens (tertiary/aromatic N) is 2. The third-order valence-corrected chi connectivity index (χ3v) is 3.05. The maximum Gasteiger partial charge on any atom is 0.471 e. The first-order valence-electron chi connectivity index (χ1n) is 5.48. The van der Waals surface area contributed by atoms with Crippen molar-refractivity contribution in [2.24, 2.45) is 0 Å². The first-order chi connectivity index (χ1) is 9.22. The van der Waals surface area contributed by atoms with Crippen LogP contribution in [0.3, 0.4) is 0 Å². The summed E-state index contributed by atoms with van der Waals surface area (Å²) in [7, 11) is 0. The van der Waals surface area contributed by atoms with Gasteiger partial charge in [-0.05, 0) is 40.2 Å². The lowest BCUT2D eigenvalue weighted by Crippen LogP contribution is -1.98. The van der Waals surface area contributed by atoms with Gasteiger partial charge in [0.1, 0.15) is 5.75 Å². The van der Waals surface area contributed by atoms with Crippen LogP contribution in [-0.2, 0) is 0 Å². The molecule has 0 radical (unpaired) electrons. The van der Waals surface area contributed by atoms with Gasteiger partial charge in [0.05, 0.1) is 10.0 Å². The smallest absolute Gasteiger partial charge is 0.471 e. The quantitative estimate of drug-likeness (QED) is 0.666. The first kappa shape index (κ1) is 13.1. The number of hydrogen-bond donors (Lipinski definition) is 1. The van der Waals surface area contributed by atoms with Gasteiger partial charge in [0, 0.05) is 0 Å². The van der Waals surface area contributed by atoms with E-state index in [2.05, 4.69) is 20.9 Å². The zero-order valence-electron chi connectivity index (χ0n) is 9.82. The van der Waals surface area contributed by atoms with Crippen molar-refractivity contribution in [3.8, 4) is 5.75 Å². The molecule has 0 unspecified atom stereocenters. The Morgan fingerprint density at radius 1 is 1.05 bits per heavy atom. The van der Waals surface area contributed by atoms with Gasteiger partial charge >= 0.3 is 11.6 Å². The Morgan fingerprint density at radius 3 is 2.32 bits per heavy atom. The fourth-order valence-electron chi connectivity index (χ4n) is 1.50. The molecule has 0 saturated heterocycles. The molecule has 0 fully saturated rings. The van der Waals surface area contributed by atoms with Crippen LogP contribution in [0.2, 0.25) is 0 Å². The number of ether oxygens (including phenoxy) is 1. The van der Waals surface area contributed by atoms with E-state index in [1.54, 1.807) is 42.5 Å². The average Bonchev–Trinajstić information content (AvgIpc) is 2.43. The van der Waals surface area contributed by atoms with E-state index in [4.69, 9.17) is 10.1 Å². The predicted octanol–water partition coefficient (Wildman–Crippen LogP) is 4.57. The van der Waals surface area contributed by atoms with Crippen LogP contribution >= 0.6 is 15.9 Å². The fraction of sp³-hybridized carbons (Fsp3) is 0. The molecule has 0 aromatic heterocycles. The summed E-state index contributed by atoms with van der Waals surface area (Å²) < 4.78 is 5.97. The topological polar surface area (TPSA) is 57.6 Å². The Morgan fingerprint density at radius 2 is 1.68 bits per heavy atom. The zero-order valence-corrected chi connectivity index (χ0v) is 11.4. The number of hydrogen-bond acceptors (Lipinski definition) is 3. The summed E-state index contributed by atoms with van der Waals surface area (Å²) >= 11 is 3.30. The highest BCUT2D eigenvalue weighted by molar-refractivity contribution is 9.10. The van der Waals surface area contributed by atoms with Crippen molar-refractivity contribution in [1.82, 2.24) is 0 Å². The maximum absolute atomic E-state index is 9.92. The Labute approximate surface area is 118 Å². The number of aliphatic hydroxyl groups excluding tert-OH is 1. The van der Waals surface area contributed by atoms with Crippen molar-refractivity contribution in [3.05, 3.63) is 75.6 Å². The van der Waals surface area contributed by atoms with Crippen molar-refractivity contribution in [2.45, 2.75) is 0 Å². The summed E-state index contributed by atoms with van der Waals surface area (Å²) in [6.07, 6.45) is 0. The number of rotatable bonds is 3. The SMILES string of the molecule is N#[N+]/C(=C(/O)Oc1ccccc1Br)c1ccccc1. The van der Waals surface area contributed by atoms with Crippen molar-refractivity contribution in [1.29, 1.82) is 5.39 Å².